The van der Waals surface area contributed by atoms with Gasteiger partial charge in [0.25, 0.3) is 0 Å². The number of rotatable bonds is 13. The molecule has 1 nitrogen and oxygen atoms in total. The molecule has 2 heteroatoms. The van der Waals surface area contributed by atoms with Crippen molar-refractivity contribution < 1.29 is 17.3 Å². The van der Waals surface area contributed by atoms with Gasteiger partial charge in [0, 0.05) is 12.3 Å². The summed E-state index contributed by atoms with van der Waals surface area (Å²) in [7, 11) is 0. The quantitative estimate of drug-likeness (QED) is 0.492. The fraction of sp³-hybridized carbons (Fsp3) is 1.00. The number of hydrogen-bond acceptors (Lipinski definition) is 0. The van der Waals surface area contributed by atoms with Crippen molar-refractivity contribution in [1.29, 1.82) is 0 Å². The molecule has 0 saturated carbocycles. The summed E-state index contributed by atoms with van der Waals surface area (Å²) < 4.78 is 0. The summed E-state index contributed by atoms with van der Waals surface area (Å²) in [5, 5.41) is 0. The highest BCUT2D eigenvalue weighted by Crippen LogP contribution is 2.13. The minimum atomic E-state index is 0. The second-order valence-corrected chi connectivity index (χ2v) is 7.08. The average Bonchev–Trinajstić information content (AvgIpc) is 2.91. The van der Waals surface area contributed by atoms with E-state index in [0.29, 0.717) is 0 Å². The van der Waals surface area contributed by atoms with E-state index in [1.54, 1.807) is 0 Å². The van der Waals surface area contributed by atoms with Gasteiger partial charge in [0.2, 0.25) is 0 Å². The Balaban J connectivity index is 0.00000400. The van der Waals surface area contributed by atoms with Gasteiger partial charge in [0.05, 0.1) is 19.6 Å². The van der Waals surface area contributed by atoms with Gasteiger partial charge in [-0.25, -0.2) is 0 Å². The van der Waals surface area contributed by atoms with Crippen LogP contribution in [0.25, 0.3) is 0 Å². The third kappa shape index (κ3) is 11.5. The highest BCUT2D eigenvalue weighted by atomic mass is 35.5. The molecule has 1 rings (SSSR count). The lowest BCUT2D eigenvalue weighted by molar-refractivity contribution is -0.889. The first-order valence-electron chi connectivity index (χ1n) is 9.70. The predicted octanol–water partition coefficient (Wildman–Crippen LogP) is 1.62. The molecule has 1 aliphatic heterocycles. The number of likely N-dealkylation sites (tertiary alicyclic amines) is 1. The van der Waals surface area contributed by atoms with E-state index in [1.807, 2.05) is 4.90 Å². The zero-order valence-corrected chi connectivity index (χ0v) is 15.5. The summed E-state index contributed by atoms with van der Waals surface area (Å²) in [5.74, 6) is 1.06. The Morgan fingerprint density at radius 2 is 1.33 bits per heavy atom. The Bertz CT molecular complexity index is 208. The molecule has 0 spiro atoms. The normalized spacial score (nSPS) is 21.4. The smallest absolute Gasteiger partial charge is 0.0801 e. The maximum Gasteiger partial charge on any atom is 0.0801 e. The first kappa shape index (κ1) is 21.2. The van der Waals surface area contributed by atoms with Crippen molar-refractivity contribution in [2.24, 2.45) is 5.92 Å². The van der Waals surface area contributed by atoms with Crippen LogP contribution in [-0.2, 0) is 0 Å². The molecule has 0 aromatic heterocycles. The Labute approximate surface area is 140 Å². The molecule has 0 amide bonds. The number of hydrogen-bond donors (Lipinski definition) is 1. The number of unbranched alkanes of at least 4 members (excludes halogenated alkanes) is 9. The van der Waals surface area contributed by atoms with Crippen molar-refractivity contribution >= 4 is 0 Å². The molecule has 0 radical (unpaired) electrons. The molecule has 2 unspecified atom stereocenters. The summed E-state index contributed by atoms with van der Waals surface area (Å²) in [6.45, 7) is 9.02. The van der Waals surface area contributed by atoms with Crippen LogP contribution < -0.4 is 17.3 Å². The lowest BCUT2D eigenvalue weighted by Crippen LogP contribution is -3.10. The minimum Gasteiger partial charge on any atom is -1.00 e. The second-order valence-electron chi connectivity index (χ2n) is 7.08. The molecule has 2 atom stereocenters. The summed E-state index contributed by atoms with van der Waals surface area (Å²) in [5.41, 5.74) is 0. The largest absolute Gasteiger partial charge is 1.00 e. The molecule has 0 aliphatic carbocycles. The van der Waals surface area contributed by atoms with Gasteiger partial charge in [-0.1, -0.05) is 71.6 Å². The molecule has 1 saturated heterocycles. The monoisotopic (exact) mass is 317 g/mol. The molecule has 1 aliphatic rings. The predicted molar refractivity (Wildman–Crippen MR) is 90.4 cm³/mol. The first-order chi connectivity index (χ1) is 9.86. The SMILES string of the molecule is CCCCCCCCCCC[NH+]1CCC(CCCC)C1.[Cl-]. The van der Waals surface area contributed by atoms with Gasteiger partial charge < -0.3 is 17.3 Å². The highest BCUT2D eigenvalue weighted by Gasteiger charge is 2.24. The Morgan fingerprint density at radius 1 is 0.762 bits per heavy atom. The van der Waals surface area contributed by atoms with Crippen LogP contribution in [0.5, 0.6) is 0 Å². The summed E-state index contributed by atoms with van der Waals surface area (Å²) >= 11 is 0. The van der Waals surface area contributed by atoms with Crippen molar-refractivity contribution in [2.75, 3.05) is 19.6 Å². The third-order valence-electron chi connectivity index (χ3n) is 5.08. The molecular weight excluding hydrogens is 278 g/mol. The van der Waals surface area contributed by atoms with Crippen molar-refractivity contribution in [3.8, 4) is 0 Å². The molecule has 1 heterocycles. The maximum atomic E-state index is 2.32. The molecule has 1 fully saturated rings. The Kier molecular flexibility index (Phi) is 15.3. The zero-order valence-electron chi connectivity index (χ0n) is 14.8. The van der Waals surface area contributed by atoms with Gasteiger partial charge in [-0.15, -0.1) is 0 Å². The number of halogens is 1. The fourth-order valence-corrected chi connectivity index (χ4v) is 3.67. The molecule has 128 valence electrons. The van der Waals surface area contributed by atoms with Crippen LogP contribution in [0.2, 0.25) is 0 Å². The van der Waals surface area contributed by atoms with Crippen molar-refractivity contribution in [2.45, 2.75) is 97.3 Å². The summed E-state index contributed by atoms with van der Waals surface area (Å²) in [6.07, 6.45) is 19.0. The molecular formula is C19H40ClN. The summed E-state index contributed by atoms with van der Waals surface area (Å²) in [6, 6.07) is 0. The summed E-state index contributed by atoms with van der Waals surface area (Å²) in [4.78, 5) is 1.91. The van der Waals surface area contributed by atoms with E-state index < -0.39 is 0 Å². The van der Waals surface area contributed by atoms with Crippen LogP contribution in [0.15, 0.2) is 0 Å². The van der Waals surface area contributed by atoms with Crippen LogP contribution in [0, 0.1) is 5.92 Å². The van der Waals surface area contributed by atoms with Crippen molar-refractivity contribution in [1.82, 2.24) is 0 Å². The van der Waals surface area contributed by atoms with Gasteiger partial charge in [0.15, 0.2) is 0 Å². The lowest BCUT2D eigenvalue weighted by Gasteiger charge is -2.13. The molecule has 1 N–H and O–H groups in total. The van der Waals surface area contributed by atoms with E-state index in [9.17, 15) is 0 Å². The van der Waals surface area contributed by atoms with Gasteiger partial charge in [-0.05, 0) is 19.3 Å². The van der Waals surface area contributed by atoms with E-state index in [2.05, 4.69) is 13.8 Å². The second kappa shape index (κ2) is 15.2. The van der Waals surface area contributed by atoms with Gasteiger partial charge >= 0.3 is 0 Å². The van der Waals surface area contributed by atoms with Gasteiger partial charge in [-0.3, -0.25) is 0 Å². The zero-order chi connectivity index (χ0) is 14.5. The topological polar surface area (TPSA) is 4.44 Å². The molecule has 21 heavy (non-hydrogen) atoms. The van der Waals surface area contributed by atoms with E-state index >= 15 is 0 Å². The average molecular weight is 318 g/mol. The van der Waals surface area contributed by atoms with Crippen LogP contribution in [0.3, 0.4) is 0 Å². The lowest BCUT2D eigenvalue weighted by atomic mass is 10.0. The minimum absolute atomic E-state index is 0. The number of quaternary nitrogens is 1. The fourth-order valence-electron chi connectivity index (χ4n) is 3.67. The van der Waals surface area contributed by atoms with Crippen LogP contribution in [-0.4, -0.2) is 19.6 Å². The van der Waals surface area contributed by atoms with E-state index in [1.165, 1.54) is 103 Å². The first-order valence-corrected chi connectivity index (χ1v) is 9.70. The number of nitrogens with one attached hydrogen (secondary N) is 1. The van der Waals surface area contributed by atoms with Crippen molar-refractivity contribution in [3.05, 3.63) is 0 Å². The van der Waals surface area contributed by atoms with Crippen LogP contribution in [0.4, 0.5) is 0 Å². The Hall–Kier alpha value is 0.250. The van der Waals surface area contributed by atoms with Gasteiger partial charge in [0.1, 0.15) is 0 Å². The highest BCUT2D eigenvalue weighted by molar-refractivity contribution is 4.62. The van der Waals surface area contributed by atoms with Crippen LogP contribution >= 0.6 is 0 Å². The maximum absolute atomic E-state index is 2.32. The molecule has 0 aromatic rings. The standard InChI is InChI=1S/C19H39N.ClH/c1-3-5-7-8-9-10-11-12-13-16-20-17-15-19(18-20)14-6-4-2;/h19H,3-18H2,1-2H3;1H. The van der Waals surface area contributed by atoms with E-state index in [-0.39, 0.29) is 12.4 Å². The van der Waals surface area contributed by atoms with E-state index in [0.717, 1.165) is 5.92 Å². The molecule has 0 bridgehead atoms. The molecule has 0 aromatic carbocycles. The van der Waals surface area contributed by atoms with Crippen LogP contribution in [0.1, 0.15) is 97.3 Å². The van der Waals surface area contributed by atoms with E-state index in [4.69, 9.17) is 0 Å². The third-order valence-corrected chi connectivity index (χ3v) is 5.08. The van der Waals surface area contributed by atoms with Crippen molar-refractivity contribution in [3.63, 3.8) is 0 Å². The Morgan fingerprint density at radius 3 is 1.95 bits per heavy atom. The van der Waals surface area contributed by atoms with Gasteiger partial charge in [-0.2, -0.15) is 0 Å².